The van der Waals surface area contributed by atoms with Crippen LogP contribution in [0.5, 0.6) is 0 Å². The molecule has 78 valence electrons. The topological polar surface area (TPSA) is 50.7 Å². The fourth-order valence-electron chi connectivity index (χ4n) is 1.42. The van der Waals surface area contributed by atoms with E-state index in [-0.39, 0.29) is 5.56 Å². The molecule has 0 fully saturated rings. The molecule has 0 saturated heterocycles. The van der Waals surface area contributed by atoms with Gasteiger partial charge >= 0.3 is 0 Å². The second-order valence-electron chi connectivity index (χ2n) is 3.11. The van der Waals surface area contributed by atoms with Crippen molar-refractivity contribution in [2.24, 2.45) is 0 Å². The maximum Gasteiger partial charge on any atom is 0.264 e. The highest BCUT2D eigenvalue weighted by Crippen LogP contribution is 2.17. The van der Waals surface area contributed by atoms with E-state index in [9.17, 15) is 4.79 Å². The number of pyridine rings is 1. The van der Waals surface area contributed by atoms with Gasteiger partial charge in [-0.05, 0) is 18.6 Å². The third-order valence-electron chi connectivity index (χ3n) is 2.12. The van der Waals surface area contributed by atoms with Crippen LogP contribution in [0.3, 0.4) is 0 Å². The molecule has 1 N–H and O–H groups in total. The summed E-state index contributed by atoms with van der Waals surface area (Å²) >= 11 is 5.99. The Labute approximate surface area is 91.5 Å². The van der Waals surface area contributed by atoms with E-state index in [1.165, 1.54) is 0 Å². The fourth-order valence-corrected chi connectivity index (χ4v) is 1.63. The molecule has 0 saturated carbocycles. The Balaban J connectivity index is 2.63. The zero-order chi connectivity index (χ0) is 10.8. The molecule has 0 radical (unpaired) electrons. The van der Waals surface area contributed by atoms with Crippen LogP contribution >= 0.6 is 11.6 Å². The van der Waals surface area contributed by atoms with Crippen molar-refractivity contribution in [2.45, 2.75) is 13.3 Å². The van der Waals surface area contributed by atoms with Crippen LogP contribution in [0.4, 0.5) is 0 Å². The second kappa shape index (κ2) is 3.90. The Morgan fingerprint density at radius 1 is 1.60 bits per heavy atom. The molecule has 15 heavy (non-hydrogen) atoms. The molecular weight excluding hydrogens is 214 g/mol. The van der Waals surface area contributed by atoms with Gasteiger partial charge in [0.05, 0.1) is 5.02 Å². The van der Waals surface area contributed by atoms with Gasteiger partial charge in [0, 0.05) is 18.0 Å². The SMILES string of the molecule is CCc1cc(=O)[nH]n1-c1ncccc1Cl. The molecule has 5 heteroatoms. The fraction of sp³-hybridized carbons (Fsp3) is 0.200. The van der Waals surface area contributed by atoms with E-state index in [1.807, 2.05) is 6.92 Å². The number of aromatic nitrogens is 3. The van der Waals surface area contributed by atoms with Crippen molar-refractivity contribution in [2.75, 3.05) is 0 Å². The lowest BCUT2D eigenvalue weighted by molar-refractivity contribution is 0.781. The molecular formula is C10H10ClN3O. The van der Waals surface area contributed by atoms with Crippen molar-refractivity contribution >= 4 is 11.6 Å². The van der Waals surface area contributed by atoms with Crippen molar-refractivity contribution < 1.29 is 0 Å². The molecule has 0 amide bonds. The van der Waals surface area contributed by atoms with E-state index < -0.39 is 0 Å². The number of hydrogen-bond acceptors (Lipinski definition) is 2. The molecule has 2 heterocycles. The summed E-state index contributed by atoms with van der Waals surface area (Å²) in [6.07, 6.45) is 2.38. The van der Waals surface area contributed by atoms with Crippen LogP contribution in [0, 0.1) is 0 Å². The van der Waals surface area contributed by atoms with Gasteiger partial charge in [0.25, 0.3) is 5.56 Å². The van der Waals surface area contributed by atoms with E-state index >= 15 is 0 Å². The number of H-pyrrole nitrogens is 1. The highest BCUT2D eigenvalue weighted by molar-refractivity contribution is 6.32. The van der Waals surface area contributed by atoms with E-state index in [2.05, 4.69) is 10.1 Å². The molecule has 0 aliphatic heterocycles. The van der Waals surface area contributed by atoms with Gasteiger partial charge in [-0.2, -0.15) is 0 Å². The Kier molecular flexibility index (Phi) is 2.60. The van der Waals surface area contributed by atoms with Gasteiger partial charge < -0.3 is 0 Å². The van der Waals surface area contributed by atoms with Crippen molar-refractivity contribution in [1.29, 1.82) is 0 Å². The Bertz CT molecular complexity index is 529. The minimum Gasteiger partial charge on any atom is -0.268 e. The summed E-state index contributed by atoms with van der Waals surface area (Å²) in [6, 6.07) is 5.03. The summed E-state index contributed by atoms with van der Waals surface area (Å²) in [7, 11) is 0. The number of halogens is 1. The molecule has 0 unspecified atom stereocenters. The predicted molar refractivity (Wildman–Crippen MR) is 58.6 cm³/mol. The van der Waals surface area contributed by atoms with E-state index in [0.717, 1.165) is 12.1 Å². The van der Waals surface area contributed by atoms with Crippen molar-refractivity contribution in [1.82, 2.24) is 14.8 Å². The van der Waals surface area contributed by atoms with E-state index in [4.69, 9.17) is 11.6 Å². The number of nitrogens with zero attached hydrogens (tertiary/aromatic N) is 2. The molecule has 0 aliphatic carbocycles. The number of aromatic amines is 1. The smallest absolute Gasteiger partial charge is 0.264 e. The van der Waals surface area contributed by atoms with Gasteiger partial charge in [0.1, 0.15) is 0 Å². The molecule has 2 aromatic rings. The molecule has 0 aromatic carbocycles. The maximum atomic E-state index is 11.2. The summed E-state index contributed by atoms with van der Waals surface area (Å²) in [5.41, 5.74) is 0.717. The first kappa shape index (κ1) is 9.98. The van der Waals surface area contributed by atoms with Crippen LogP contribution in [-0.4, -0.2) is 14.8 Å². The van der Waals surface area contributed by atoms with E-state index in [1.54, 1.807) is 29.1 Å². The Morgan fingerprint density at radius 3 is 3.07 bits per heavy atom. The van der Waals surface area contributed by atoms with Crippen molar-refractivity contribution in [3.63, 3.8) is 0 Å². The summed E-state index contributed by atoms with van der Waals surface area (Å²) in [5, 5.41) is 3.18. The molecule has 0 spiro atoms. The van der Waals surface area contributed by atoms with Crippen LogP contribution in [0.15, 0.2) is 29.2 Å². The van der Waals surface area contributed by atoms with Gasteiger partial charge in [-0.25, -0.2) is 9.67 Å². The molecule has 0 bridgehead atoms. The monoisotopic (exact) mass is 223 g/mol. The minimum absolute atomic E-state index is 0.145. The first-order chi connectivity index (χ1) is 7.22. The lowest BCUT2D eigenvalue weighted by Crippen LogP contribution is -2.07. The van der Waals surface area contributed by atoms with Gasteiger partial charge in [-0.3, -0.25) is 9.89 Å². The first-order valence-electron chi connectivity index (χ1n) is 4.64. The number of nitrogens with one attached hydrogen (secondary N) is 1. The van der Waals surface area contributed by atoms with Gasteiger partial charge in [0.2, 0.25) is 0 Å². The average Bonchev–Trinajstić information content (AvgIpc) is 2.60. The lowest BCUT2D eigenvalue weighted by Gasteiger charge is -2.06. The summed E-state index contributed by atoms with van der Waals surface area (Å²) in [5.74, 6) is 0.554. The summed E-state index contributed by atoms with van der Waals surface area (Å²) in [4.78, 5) is 15.3. The van der Waals surface area contributed by atoms with Crippen LogP contribution in [0.25, 0.3) is 5.82 Å². The molecule has 2 rings (SSSR count). The quantitative estimate of drug-likeness (QED) is 0.844. The van der Waals surface area contributed by atoms with Crippen LogP contribution in [0.2, 0.25) is 5.02 Å². The standard InChI is InChI=1S/C10H10ClN3O/c1-2-7-6-9(15)13-14(7)10-8(11)4-3-5-12-10/h3-6H,2H2,1H3,(H,13,15). The predicted octanol–water partition coefficient (Wildman–Crippen LogP) is 1.78. The first-order valence-corrected chi connectivity index (χ1v) is 5.02. The van der Waals surface area contributed by atoms with Crippen LogP contribution in [0.1, 0.15) is 12.6 Å². The third-order valence-corrected chi connectivity index (χ3v) is 2.42. The van der Waals surface area contributed by atoms with Crippen molar-refractivity contribution in [3.8, 4) is 5.82 Å². The van der Waals surface area contributed by atoms with Crippen LogP contribution in [-0.2, 0) is 6.42 Å². The highest BCUT2D eigenvalue weighted by Gasteiger charge is 2.08. The summed E-state index contributed by atoms with van der Waals surface area (Å²) < 4.78 is 1.62. The Hall–Kier alpha value is -1.55. The molecule has 0 aliphatic rings. The number of rotatable bonds is 2. The molecule has 0 atom stereocenters. The minimum atomic E-state index is -0.145. The number of aryl methyl sites for hydroxylation is 1. The molecule has 4 nitrogen and oxygen atoms in total. The Morgan fingerprint density at radius 2 is 2.40 bits per heavy atom. The van der Waals surface area contributed by atoms with Gasteiger partial charge in [-0.1, -0.05) is 18.5 Å². The third kappa shape index (κ3) is 1.80. The zero-order valence-electron chi connectivity index (χ0n) is 8.20. The number of hydrogen-bond donors (Lipinski definition) is 1. The zero-order valence-corrected chi connectivity index (χ0v) is 8.95. The van der Waals surface area contributed by atoms with E-state index in [0.29, 0.717) is 10.8 Å². The second-order valence-corrected chi connectivity index (χ2v) is 3.52. The molecule has 2 aromatic heterocycles. The van der Waals surface area contributed by atoms with Crippen molar-refractivity contribution in [3.05, 3.63) is 45.5 Å². The van der Waals surface area contributed by atoms with Gasteiger partial charge in [0.15, 0.2) is 5.82 Å². The highest BCUT2D eigenvalue weighted by atomic mass is 35.5. The summed E-state index contributed by atoms with van der Waals surface area (Å²) in [6.45, 7) is 1.97. The maximum absolute atomic E-state index is 11.2. The average molecular weight is 224 g/mol. The van der Waals surface area contributed by atoms with Gasteiger partial charge in [-0.15, -0.1) is 0 Å². The van der Waals surface area contributed by atoms with Crippen LogP contribution < -0.4 is 5.56 Å². The normalized spacial score (nSPS) is 10.5. The largest absolute Gasteiger partial charge is 0.268 e. The lowest BCUT2D eigenvalue weighted by atomic mass is 10.3.